The van der Waals surface area contributed by atoms with Crippen molar-refractivity contribution >= 4 is 40.8 Å². The van der Waals surface area contributed by atoms with E-state index in [0.717, 1.165) is 18.4 Å². The molecule has 1 aliphatic rings. The maximum Gasteiger partial charge on any atom is 0.319 e. The fourth-order valence-electron chi connectivity index (χ4n) is 3.42. The topological polar surface area (TPSA) is 61.4 Å². The number of carbonyl (C=O) groups excluding carboxylic acids is 2. The van der Waals surface area contributed by atoms with Gasteiger partial charge < -0.3 is 15.5 Å². The summed E-state index contributed by atoms with van der Waals surface area (Å²) in [7, 11) is 0. The first-order chi connectivity index (χ1) is 13.9. The summed E-state index contributed by atoms with van der Waals surface area (Å²) < 4.78 is 0. The average molecular weight is 434 g/mol. The molecule has 2 N–H and O–H groups in total. The summed E-state index contributed by atoms with van der Waals surface area (Å²) in [4.78, 5) is 27.6. The van der Waals surface area contributed by atoms with Crippen LogP contribution in [0.5, 0.6) is 0 Å². The van der Waals surface area contributed by atoms with E-state index in [0.29, 0.717) is 36.1 Å². The lowest BCUT2D eigenvalue weighted by Crippen LogP contribution is -2.52. The van der Waals surface area contributed by atoms with Gasteiger partial charge in [0.15, 0.2) is 0 Å². The zero-order chi connectivity index (χ0) is 20.8. The third-order valence-electron chi connectivity index (χ3n) is 5.18. The van der Waals surface area contributed by atoms with Crippen molar-refractivity contribution in [3.05, 3.63) is 64.1 Å². The van der Waals surface area contributed by atoms with Crippen molar-refractivity contribution in [1.82, 2.24) is 10.2 Å². The van der Waals surface area contributed by atoms with Crippen LogP contribution in [0.15, 0.2) is 48.5 Å². The van der Waals surface area contributed by atoms with E-state index in [-0.39, 0.29) is 10.9 Å². The normalized spacial score (nSPS) is 15.6. The van der Waals surface area contributed by atoms with Crippen LogP contribution in [0, 0.1) is 5.92 Å². The zero-order valence-corrected chi connectivity index (χ0v) is 17.8. The van der Waals surface area contributed by atoms with Gasteiger partial charge in [0.1, 0.15) is 6.04 Å². The maximum absolute atomic E-state index is 13.2. The van der Waals surface area contributed by atoms with E-state index < -0.39 is 12.1 Å². The van der Waals surface area contributed by atoms with Gasteiger partial charge in [-0.1, -0.05) is 66.5 Å². The first-order valence-corrected chi connectivity index (χ1v) is 10.5. The first-order valence-electron chi connectivity index (χ1n) is 9.78. The number of nitrogens with one attached hydrogen (secondary N) is 2. The summed E-state index contributed by atoms with van der Waals surface area (Å²) >= 11 is 12.2. The Labute approximate surface area is 181 Å². The quantitative estimate of drug-likeness (QED) is 0.697. The standard InChI is InChI=1S/C22H25Cl2N3O2/c1-15-10-12-27(13-11-15)21(28)19(14-16-6-3-2-4-7-16)26-22(29)25-18-9-5-8-17(23)20(18)24/h2-9,15,19H,10-14H2,1H3,(H2,25,26,29). The molecule has 3 amide bonds. The highest BCUT2D eigenvalue weighted by atomic mass is 35.5. The molecule has 1 fully saturated rings. The maximum atomic E-state index is 13.2. The number of piperidine rings is 1. The molecule has 2 aromatic carbocycles. The van der Waals surface area contributed by atoms with E-state index in [2.05, 4.69) is 17.6 Å². The minimum Gasteiger partial charge on any atom is -0.341 e. The Kier molecular flexibility index (Phi) is 7.40. The molecule has 1 aliphatic heterocycles. The van der Waals surface area contributed by atoms with Crippen LogP contribution in [0.25, 0.3) is 0 Å². The lowest BCUT2D eigenvalue weighted by molar-refractivity contribution is -0.134. The van der Waals surface area contributed by atoms with Gasteiger partial charge in [0.05, 0.1) is 15.7 Å². The second-order valence-corrected chi connectivity index (χ2v) is 8.24. The van der Waals surface area contributed by atoms with Crippen LogP contribution in [0.1, 0.15) is 25.3 Å². The third-order valence-corrected chi connectivity index (χ3v) is 6.00. The Morgan fingerprint density at radius 1 is 1.07 bits per heavy atom. The summed E-state index contributed by atoms with van der Waals surface area (Å²) in [5.41, 5.74) is 1.38. The van der Waals surface area contributed by atoms with Crippen molar-refractivity contribution in [2.45, 2.75) is 32.2 Å². The molecule has 29 heavy (non-hydrogen) atoms. The molecule has 1 unspecified atom stereocenters. The van der Waals surface area contributed by atoms with E-state index >= 15 is 0 Å². The number of amides is 3. The molecule has 0 saturated carbocycles. The van der Waals surface area contributed by atoms with Crippen LogP contribution in [0.4, 0.5) is 10.5 Å². The smallest absolute Gasteiger partial charge is 0.319 e. The molecule has 0 aliphatic carbocycles. The van der Waals surface area contributed by atoms with Crippen LogP contribution < -0.4 is 10.6 Å². The number of halogens is 2. The number of benzene rings is 2. The third kappa shape index (κ3) is 5.87. The number of hydrogen-bond donors (Lipinski definition) is 2. The number of urea groups is 1. The molecule has 0 aromatic heterocycles. The van der Waals surface area contributed by atoms with E-state index in [9.17, 15) is 9.59 Å². The molecule has 0 bridgehead atoms. The zero-order valence-electron chi connectivity index (χ0n) is 16.3. The van der Waals surface area contributed by atoms with Gasteiger partial charge in [-0.2, -0.15) is 0 Å². The summed E-state index contributed by atoms with van der Waals surface area (Å²) in [6.07, 6.45) is 2.38. The predicted octanol–water partition coefficient (Wildman–Crippen LogP) is 4.98. The summed E-state index contributed by atoms with van der Waals surface area (Å²) in [5, 5.41) is 6.14. The largest absolute Gasteiger partial charge is 0.341 e. The molecule has 0 spiro atoms. The summed E-state index contributed by atoms with van der Waals surface area (Å²) in [5.74, 6) is 0.556. The highest BCUT2D eigenvalue weighted by Crippen LogP contribution is 2.29. The Morgan fingerprint density at radius 3 is 2.45 bits per heavy atom. The molecule has 5 nitrogen and oxygen atoms in total. The van der Waals surface area contributed by atoms with Crippen LogP contribution in [-0.4, -0.2) is 36.0 Å². The van der Waals surface area contributed by atoms with Gasteiger partial charge in [-0.15, -0.1) is 0 Å². The predicted molar refractivity (Wildman–Crippen MR) is 118 cm³/mol. The fraction of sp³-hybridized carbons (Fsp3) is 0.364. The van der Waals surface area contributed by atoms with Crippen molar-refractivity contribution in [2.75, 3.05) is 18.4 Å². The van der Waals surface area contributed by atoms with E-state index in [4.69, 9.17) is 23.2 Å². The molecule has 3 rings (SSSR count). The van der Waals surface area contributed by atoms with E-state index in [1.165, 1.54) is 0 Å². The lowest BCUT2D eigenvalue weighted by atomic mass is 9.97. The minimum absolute atomic E-state index is 0.0619. The van der Waals surface area contributed by atoms with Crippen LogP contribution in [0.2, 0.25) is 10.0 Å². The second-order valence-electron chi connectivity index (χ2n) is 7.45. The summed E-state index contributed by atoms with van der Waals surface area (Å²) in [6, 6.07) is 13.5. The number of hydrogen-bond acceptors (Lipinski definition) is 2. The number of rotatable bonds is 5. The Morgan fingerprint density at radius 2 is 1.76 bits per heavy atom. The monoisotopic (exact) mass is 433 g/mol. The van der Waals surface area contributed by atoms with Crippen LogP contribution in [-0.2, 0) is 11.2 Å². The van der Waals surface area contributed by atoms with Crippen molar-refractivity contribution in [2.24, 2.45) is 5.92 Å². The van der Waals surface area contributed by atoms with Crippen molar-refractivity contribution in [3.8, 4) is 0 Å². The molecule has 1 atom stereocenters. The molecule has 154 valence electrons. The SMILES string of the molecule is CC1CCN(C(=O)C(Cc2ccccc2)NC(=O)Nc2cccc(Cl)c2Cl)CC1. The van der Waals surface area contributed by atoms with Crippen LogP contribution >= 0.6 is 23.2 Å². The van der Waals surface area contributed by atoms with E-state index in [1.54, 1.807) is 18.2 Å². The molecular weight excluding hydrogens is 409 g/mol. The van der Waals surface area contributed by atoms with Gasteiger partial charge in [0.25, 0.3) is 0 Å². The van der Waals surface area contributed by atoms with Gasteiger partial charge in [0, 0.05) is 19.5 Å². The molecule has 1 heterocycles. The number of carbonyl (C=O) groups is 2. The number of nitrogens with zero attached hydrogens (tertiary/aromatic N) is 1. The fourth-order valence-corrected chi connectivity index (χ4v) is 3.76. The Hall–Kier alpha value is -2.24. The number of likely N-dealkylation sites (tertiary alicyclic amines) is 1. The van der Waals surface area contributed by atoms with Crippen molar-refractivity contribution < 1.29 is 9.59 Å². The molecule has 2 aromatic rings. The van der Waals surface area contributed by atoms with Gasteiger partial charge in [-0.05, 0) is 36.5 Å². The average Bonchev–Trinajstić information content (AvgIpc) is 2.72. The molecular formula is C22H25Cl2N3O2. The van der Waals surface area contributed by atoms with Gasteiger partial charge in [0.2, 0.25) is 5.91 Å². The Bertz CT molecular complexity index is 852. The minimum atomic E-state index is -0.663. The lowest BCUT2D eigenvalue weighted by Gasteiger charge is -2.33. The van der Waals surface area contributed by atoms with Gasteiger partial charge in [-0.3, -0.25) is 4.79 Å². The highest BCUT2D eigenvalue weighted by molar-refractivity contribution is 6.43. The summed E-state index contributed by atoms with van der Waals surface area (Å²) in [6.45, 7) is 3.63. The molecule has 1 saturated heterocycles. The Balaban J connectivity index is 1.72. The first kappa shape index (κ1) is 21.5. The van der Waals surface area contributed by atoms with Crippen molar-refractivity contribution in [1.29, 1.82) is 0 Å². The van der Waals surface area contributed by atoms with E-state index in [1.807, 2.05) is 35.2 Å². The highest BCUT2D eigenvalue weighted by Gasteiger charge is 2.28. The van der Waals surface area contributed by atoms with Gasteiger partial charge in [-0.25, -0.2) is 4.79 Å². The van der Waals surface area contributed by atoms with Crippen LogP contribution in [0.3, 0.4) is 0 Å². The van der Waals surface area contributed by atoms with Gasteiger partial charge >= 0.3 is 6.03 Å². The van der Waals surface area contributed by atoms with Crippen molar-refractivity contribution in [3.63, 3.8) is 0 Å². The molecule has 0 radical (unpaired) electrons. The second kappa shape index (κ2) is 9.99. The number of anilines is 1. The molecule has 7 heteroatoms.